The van der Waals surface area contributed by atoms with E-state index >= 15 is 0 Å². The van der Waals surface area contributed by atoms with Crippen molar-refractivity contribution in [1.82, 2.24) is 15.2 Å². The number of amides is 1. The summed E-state index contributed by atoms with van der Waals surface area (Å²) in [5, 5.41) is 6.00. The molecule has 2 aromatic rings. The number of nitrogens with one attached hydrogen (secondary N) is 1. The molecular weight excluding hydrogens is 211 g/mol. The van der Waals surface area contributed by atoms with E-state index in [0.29, 0.717) is 0 Å². The highest BCUT2D eigenvalue weighted by atomic mass is 19.1. The van der Waals surface area contributed by atoms with Crippen LogP contribution in [0.2, 0.25) is 0 Å². The number of anilines is 1. The van der Waals surface area contributed by atoms with E-state index in [1.54, 1.807) is 12.1 Å². The summed E-state index contributed by atoms with van der Waals surface area (Å²) in [4.78, 5) is 16.7. The average Bonchev–Trinajstić information content (AvgIpc) is 2.81. The third kappa shape index (κ3) is 1.77. The van der Waals surface area contributed by atoms with Crippen molar-refractivity contribution in [3.63, 3.8) is 0 Å². The molecule has 1 amide bonds. The summed E-state index contributed by atoms with van der Waals surface area (Å²) in [6.45, 7) is 0. The second-order valence-electron chi connectivity index (χ2n) is 3.15. The standard InChI is InChI=1S/C10H9FN4O/c1-15(8-5-3-2-4-7(8)11)10(16)9-12-6-13-14-9/h2-6H,1H3,(H,12,13,14). The van der Waals surface area contributed by atoms with Crippen LogP contribution in [0.1, 0.15) is 10.6 Å². The molecule has 82 valence electrons. The number of aromatic nitrogens is 3. The Labute approximate surface area is 90.9 Å². The van der Waals surface area contributed by atoms with Gasteiger partial charge in [0, 0.05) is 7.05 Å². The van der Waals surface area contributed by atoms with E-state index < -0.39 is 11.7 Å². The Morgan fingerprint density at radius 3 is 2.81 bits per heavy atom. The van der Waals surface area contributed by atoms with Crippen LogP contribution in [0.3, 0.4) is 0 Å². The van der Waals surface area contributed by atoms with E-state index in [1.165, 1.54) is 30.4 Å². The van der Waals surface area contributed by atoms with Gasteiger partial charge in [-0.25, -0.2) is 9.37 Å². The zero-order valence-corrected chi connectivity index (χ0v) is 8.51. The van der Waals surface area contributed by atoms with Crippen molar-refractivity contribution in [1.29, 1.82) is 0 Å². The molecule has 0 unspecified atom stereocenters. The summed E-state index contributed by atoms with van der Waals surface area (Å²) in [5.74, 6) is -0.828. The Morgan fingerprint density at radius 1 is 1.44 bits per heavy atom. The Hall–Kier alpha value is -2.24. The van der Waals surface area contributed by atoms with Gasteiger partial charge in [-0.2, -0.15) is 5.10 Å². The van der Waals surface area contributed by atoms with Crippen LogP contribution in [0, 0.1) is 5.82 Å². The highest BCUT2D eigenvalue weighted by molar-refractivity contribution is 6.03. The number of para-hydroxylation sites is 1. The predicted molar refractivity (Wildman–Crippen MR) is 55.5 cm³/mol. The van der Waals surface area contributed by atoms with E-state index in [0.717, 1.165) is 0 Å². The first kappa shape index (κ1) is 10.3. The molecular formula is C10H9FN4O. The maximum absolute atomic E-state index is 13.4. The van der Waals surface area contributed by atoms with E-state index in [4.69, 9.17) is 0 Å². The van der Waals surface area contributed by atoms with Gasteiger partial charge in [0.2, 0.25) is 5.82 Å². The van der Waals surface area contributed by atoms with Crippen LogP contribution in [0.4, 0.5) is 10.1 Å². The van der Waals surface area contributed by atoms with Crippen LogP contribution in [0.5, 0.6) is 0 Å². The lowest BCUT2D eigenvalue weighted by molar-refractivity contribution is 0.0982. The zero-order valence-electron chi connectivity index (χ0n) is 8.51. The normalized spacial score (nSPS) is 10.1. The van der Waals surface area contributed by atoms with Gasteiger partial charge in [-0.1, -0.05) is 12.1 Å². The Bertz CT molecular complexity index is 497. The van der Waals surface area contributed by atoms with Gasteiger partial charge in [0.05, 0.1) is 5.69 Å². The van der Waals surface area contributed by atoms with Crippen LogP contribution in [0.15, 0.2) is 30.6 Å². The molecule has 0 atom stereocenters. The number of rotatable bonds is 2. The van der Waals surface area contributed by atoms with Gasteiger partial charge in [0.25, 0.3) is 5.91 Å². The highest BCUT2D eigenvalue weighted by Gasteiger charge is 2.18. The molecule has 0 fully saturated rings. The number of hydrogen-bond acceptors (Lipinski definition) is 3. The minimum absolute atomic E-state index is 0.0748. The van der Waals surface area contributed by atoms with Crippen molar-refractivity contribution in [2.45, 2.75) is 0 Å². The number of nitrogens with zero attached hydrogens (tertiary/aromatic N) is 3. The number of H-pyrrole nitrogens is 1. The largest absolute Gasteiger partial charge is 0.306 e. The molecule has 1 aromatic heterocycles. The number of aromatic amines is 1. The lowest BCUT2D eigenvalue weighted by atomic mass is 10.3. The maximum atomic E-state index is 13.4. The second kappa shape index (κ2) is 4.09. The summed E-state index contributed by atoms with van der Waals surface area (Å²) in [5.41, 5.74) is 0.198. The van der Waals surface area contributed by atoms with E-state index in [2.05, 4.69) is 15.2 Å². The molecule has 0 saturated carbocycles. The number of carbonyl (C=O) groups is 1. The first-order valence-electron chi connectivity index (χ1n) is 4.58. The molecule has 5 nitrogen and oxygen atoms in total. The van der Waals surface area contributed by atoms with Gasteiger partial charge in [-0.15, -0.1) is 0 Å². The van der Waals surface area contributed by atoms with Crippen LogP contribution < -0.4 is 4.90 Å². The van der Waals surface area contributed by atoms with Crippen molar-refractivity contribution in [2.24, 2.45) is 0 Å². The first-order valence-corrected chi connectivity index (χ1v) is 4.58. The molecule has 16 heavy (non-hydrogen) atoms. The summed E-state index contributed by atoms with van der Waals surface area (Å²) in [7, 11) is 1.48. The van der Waals surface area contributed by atoms with Crippen LogP contribution in [0.25, 0.3) is 0 Å². The molecule has 0 spiro atoms. The van der Waals surface area contributed by atoms with E-state index in [-0.39, 0.29) is 11.5 Å². The Morgan fingerprint density at radius 2 is 2.19 bits per heavy atom. The monoisotopic (exact) mass is 220 g/mol. The summed E-state index contributed by atoms with van der Waals surface area (Å²) < 4.78 is 13.4. The quantitative estimate of drug-likeness (QED) is 0.827. The molecule has 1 N–H and O–H groups in total. The summed E-state index contributed by atoms with van der Waals surface area (Å²) in [6.07, 6.45) is 1.22. The number of carbonyl (C=O) groups excluding carboxylic acids is 1. The van der Waals surface area contributed by atoms with Crippen molar-refractivity contribution in [3.05, 3.63) is 42.2 Å². The summed E-state index contributed by atoms with van der Waals surface area (Å²) >= 11 is 0. The second-order valence-corrected chi connectivity index (χ2v) is 3.15. The van der Waals surface area contributed by atoms with Gasteiger partial charge in [0.15, 0.2) is 0 Å². The fourth-order valence-electron chi connectivity index (χ4n) is 1.30. The van der Waals surface area contributed by atoms with Gasteiger partial charge in [-0.05, 0) is 12.1 Å². The molecule has 6 heteroatoms. The highest BCUT2D eigenvalue weighted by Crippen LogP contribution is 2.18. The van der Waals surface area contributed by atoms with Crippen LogP contribution in [-0.4, -0.2) is 28.1 Å². The molecule has 0 bridgehead atoms. The Balaban J connectivity index is 2.30. The van der Waals surface area contributed by atoms with Gasteiger partial charge in [-0.3, -0.25) is 9.89 Å². The molecule has 1 aromatic carbocycles. The average molecular weight is 220 g/mol. The van der Waals surface area contributed by atoms with Crippen molar-refractivity contribution in [2.75, 3.05) is 11.9 Å². The first-order chi connectivity index (χ1) is 7.70. The third-order valence-corrected chi connectivity index (χ3v) is 2.14. The summed E-state index contributed by atoms with van der Waals surface area (Å²) in [6, 6.07) is 6.03. The van der Waals surface area contributed by atoms with Gasteiger partial charge >= 0.3 is 0 Å². The van der Waals surface area contributed by atoms with E-state index in [9.17, 15) is 9.18 Å². The Kier molecular flexibility index (Phi) is 2.63. The number of halogens is 1. The topological polar surface area (TPSA) is 61.9 Å². The molecule has 2 rings (SSSR count). The molecule has 0 saturated heterocycles. The lowest BCUT2D eigenvalue weighted by Gasteiger charge is -2.15. The number of hydrogen-bond donors (Lipinski definition) is 1. The van der Waals surface area contributed by atoms with E-state index in [1.807, 2.05) is 0 Å². The fourth-order valence-corrected chi connectivity index (χ4v) is 1.30. The van der Waals surface area contributed by atoms with Crippen LogP contribution >= 0.6 is 0 Å². The lowest BCUT2D eigenvalue weighted by Crippen LogP contribution is -2.28. The van der Waals surface area contributed by atoms with Gasteiger partial charge in [0.1, 0.15) is 12.1 Å². The smallest absolute Gasteiger partial charge is 0.295 e. The van der Waals surface area contributed by atoms with Crippen molar-refractivity contribution < 1.29 is 9.18 Å². The molecule has 0 radical (unpaired) electrons. The van der Waals surface area contributed by atoms with Crippen molar-refractivity contribution >= 4 is 11.6 Å². The SMILES string of the molecule is CN(C(=O)c1ncn[nH]1)c1ccccc1F. The molecule has 0 aliphatic carbocycles. The molecule has 1 heterocycles. The minimum atomic E-state index is -0.460. The molecule has 0 aliphatic rings. The van der Waals surface area contributed by atoms with Crippen molar-refractivity contribution in [3.8, 4) is 0 Å². The predicted octanol–water partition coefficient (Wildman–Crippen LogP) is 1.22. The molecule has 0 aliphatic heterocycles. The fraction of sp³-hybridized carbons (Fsp3) is 0.100. The van der Waals surface area contributed by atoms with Gasteiger partial charge < -0.3 is 4.90 Å². The minimum Gasteiger partial charge on any atom is -0.306 e. The zero-order chi connectivity index (χ0) is 11.5. The maximum Gasteiger partial charge on any atom is 0.295 e. The van der Waals surface area contributed by atoms with Crippen LogP contribution in [-0.2, 0) is 0 Å². The third-order valence-electron chi connectivity index (χ3n) is 2.14. The number of benzene rings is 1.